The van der Waals surface area contributed by atoms with Crippen molar-refractivity contribution in [2.24, 2.45) is 5.92 Å². The van der Waals surface area contributed by atoms with Crippen molar-refractivity contribution in [1.82, 2.24) is 4.90 Å². The Balaban J connectivity index is 2.74. The Kier molecular flexibility index (Phi) is 3.20. The van der Waals surface area contributed by atoms with Gasteiger partial charge in [-0.2, -0.15) is 0 Å². The van der Waals surface area contributed by atoms with Crippen LogP contribution < -0.4 is 0 Å². The van der Waals surface area contributed by atoms with Crippen molar-refractivity contribution in [3.8, 4) is 0 Å². The molecule has 1 aliphatic rings. The molecule has 1 aliphatic heterocycles. The lowest BCUT2D eigenvalue weighted by molar-refractivity contribution is -0.139. The number of carbonyl (C=O) groups excluding carboxylic acids is 1. The number of rotatable bonds is 2. The molecule has 0 aromatic carbocycles. The van der Waals surface area contributed by atoms with Crippen LogP contribution >= 0.6 is 0 Å². The third kappa shape index (κ3) is 2.27. The summed E-state index contributed by atoms with van der Waals surface area (Å²) >= 11 is 0. The van der Waals surface area contributed by atoms with E-state index in [0.717, 1.165) is 19.4 Å². The minimum absolute atomic E-state index is 0.00241. The van der Waals surface area contributed by atoms with Crippen LogP contribution in [0.4, 0.5) is 0 Å². The normalized spacial score (nSPS) is 23.3. The van der Waals surface area contributed by atoms with E-state index in [2.05, 4.69) is 0 Å². The summed E-state index contributed by atoms with van der Waals surface area (Å²) in [6, 6.07) is -0.00241. The maximum Gasteiger partial charge on any atom is 0.225 e. The van der Waals surface area contributed by atoms with E-state index >= 15 is 0 Å². The van der Waals surface area contributed by atoms with Crippen molar-refractivity contribution in [2.45, 2.75) is 52.2 Å². The summed E-state index contributed by atoms with van der Waals surface area (Å²) in [7, 11) is 0. The van der Waals surface area contributed by atoms with Gasteiger partial charge < -0.3 is 10.0 Å². The molecule has 1 N–H and O–H groups in total. The third-order valence-corrected chi connectivity index (χ3v) is 2.85. The van der Waals surface area contributed by atoms with Crippen LogP contribution in [-0.4, -0.2) is 34.1 Å². The van der Waals surface area contributed by atoms with Crippen LogP contribution in [0, 0.1) is 5.92 Å². The Morgan fingerprint density at radius 1 is 1.50 bits per heavy atom. The molecule has 1 rings (SSSR count). The summed E-state index contributed by atoms with van der Waals surface area (Å²) < 4.78 is 0. The number of hydrogen-bond acceptors (Lipinski definition) is 2. The summed E-state index contributed by atoms with van der Waals surface area (Å²) in [5.74, 6) is 0.188. The molecule has 82 valence electrons. The lowest BCUT2D eigenvalue weighted by Gasteiger charge is -2.34. The van der Waals surface area contributed by atoms with Gasteiger partial charge in [-0.3, -0.25) is 4.79 Å². The van der Waals surface area contributed by atoms with Crippen molar-refractivity contribution < 1.29 is 9.90 Å². The van der Waals surface area contributed by atoms with Crippen LogP contribution in [0.1, 0.15) is 40.5 Å². The molecule has 1 amide bonds. The smallest absolute Gasteiger partial charge is 0.225 e. The predicted molar refractivity (Wildman–Crippen MR) is 55.9 cm³/mol. The quantitative estimate of drug-likeness (QED) is 0.730. The second-order valence-corrected chi connectivity index (χ2v) is 5.00. The van der Waals surface area contributed by atoms with Crippen LogP contribution in [0.25, 0.3) is 0 Å². The van der Waals surface area contributed by atoms with E-state index < -0.39 is 5.60 Å². The topological polar surface area (TPSA) is 40.5 Å². The fourth-order valence-corrected chi connectivity index (χ4v) is 2.10. The minimum atomic E-state index is -0.777. The molecule has 1 atom stereocenters. The predicted octanol–water partition coefficient (Wildman–Crippen LogP) is 1.40. The monoisotopic (exact) mass is 199 g/mol. The summed E-state index contributed by atoms with van der Waals surface area (Å²) in [6.07, 6.45) is 1.93. The van der Waals surface area contributed by atoms with Crippen LogP contribution in [0.3, 0.4) is 0 Å². The van der Waals surface area contributed by atoms with E-state index in [1.54, 1.807) is 13.8 Å². The molecule has 0 radical (unpaired) electrons. The number of carbonyl (C=O) groups is 1. The molecule has 1 fully saturated rings. The molecule has 1 heterocycles. The molecule has 0 aromatic rings. The second kappa shape index (κ2) is 3.89. The first-order valence-corrected chi connectivity index (χ1v) is 5.37. The van der Waals surface area contributed by atoms with E-state index in [9.17, 15) is 9.90 Å². The largest absolute Gasteiger partial charge is 0.388 e. The zero-order valence-electron chi connectivity index (χ0n) is 9.58. The van der Waals surface area contributed by atoms with Gasteiger partial charge in [0.15, 0.2) is 0 Å². The molecule has 3 heteroatoms. The molecular weight excluding hydrogens is 178 g/mol. The molecule has 1 unspecified atom stereocenters. The van der Waals surface area contributed by atoms with Gasteiger partial charge >= 0.3 is 0 Å². The van der Waals surface area contributed by atoms with E-state index in [0.29, 0.717) is 0 Å². The Morgan fingerprint density at radius 2 is 2.07 bits per heavy atom. The highest BCUT2D eigenvalue weighted by Gasteiger charge is 2.38. The second-order valence-electron chi connectivity index (χ2n) is 5.00. The van der Waals surface area contributed by atoms with Gasteiger partial charge in [-0.05, 0) is 26.7 Å². The molecule has 0 aliphatic carbocycles. The van der Waals surface area contributed by atoms with Crippen molar-refractivity contribution in [3.05, 3.63) is 0 Å². The van der Waals surface area contributed by atoms with Gasteiger partial charge in [-0.1, -0.05) is 13.8 Å². The summed E-state index contributed by atoms with van der Waals surface area (Å²) in [6.45, 7) is 8.17. The number of amides is 1. The molecule has 0 aromatic heterocycles. The number of hydrogen-bond donors (Lipinski definition) is 1. The van der Waals surface area contributed by atoms with Crippen molar-refractivity contribution in [1.29, 1.82) is 0 Å². The fourth-order valence-electron chi connectivity index (χ4n) is 2.10. The van der Waals surface area contributed by atoms with Crippen LogP contribution in [0.15, 0.2) is 0 Å². The first-order chi connectivity index (χ1) is 6.34. The maximum absolute atomic E-state index is 11.8. The van der Waals surface area contributed by atoms with Gasteiger partial charge in [0.2, 0.25) is 5.91 Å². The Labute approximate surface area is 86.1 Å². The Hall–Kier alpha value is -0.570. The zero-order chi connectivity index (χ0) is 10.9. The van der Waals surface area contributed by atoms with Crippen molar-refractivity contribution in [2.75, 3.05) is 6.54 Å². The SMILES string of the molecule is CC(C)C(=O)N1CCCC1C(C)(C)O. The molecule has 0 bridgehead atoms. The van der Waals surface area contributed by atoms with E-state index in [-0.39, 0.29) is 17.9 Å². The summed E-state index contributed by atoms with van der Waals surface area (Å²) in [4.78, 5) is 13.7. The molecule has 14 heavy (non-hydrogen) atoms. The van der Waals surface area contributed by atoms with E-state index in [1.807, 2.05) is 18.7 Å². The molecule has 0 spiro atoms. The standard InChI is InChI=1S/C11H21NO2/c1-8(2)10(13)12-7-5-6-9(12)11(3,4)14/h8-9,14H,5-7H2,1-4H3. The van der Waals surface area contributed by atoms with Crippen molar-refractivity contribution in [3.63, 3.8) is 0 Å². The number of nitrogens with zero attached hydrogens (tertiary/aromatic N) is 1. The lowest BCUT2D eigenvalue weighted by Crippen LogP contribution is -2.49. The third-order valence-electron chi connectivity index (χ3n) is 2.85. The molecular formula is C11H21NO2. The maximum atomic E-state index is 11.8. The van der Waals surface area contributed by atoms with Crippen molar-refractivity contribution >= 4 is 5.91 Å². The number of likely N-dealkylation sites (tertiary alicyclic amines) is 1. The summed E-state index contributed by atoms with van der Waals surface area (Å²) in [5, 5.41) is 9.92. The van der Waals surface area contributed by atoms with Crippen LogP contribution in [0.2, 0.25) is 0 Å². The average molecular weight is 199 g/mol. The first kappa shape index (κ1) is 11.5. The molecule has 0 saturated carbocycles. The van der Waals surface area contributed by atoms with Gasteiger partial charge in [0, 0.05) is 12.5 Å². The van der Waals surface area contributed by atoms with E-state index in [1.165, 1.54) is 0 Å². The highest BCUT2D eigenvalue weighted by Crippen LogP contribution is 2.27. The Morgan fingerprint density at radius 3 is 2.50 bits per heavy atom. The highest BCUT2D eigenvalue weighted by molar-refractivity contribution is 5.78. The fraction of sp³-hybridized carbons (Fsp3) is 0.909. The van der Waals surface area contributed by atoms with E-state index in [4.69, 9.17) is 0 Å². The molecule has 3 nitrogen and oxygen atoms in total. The lowest BCUT2D eigenvalue weighted by atomic mass is 9.96. The zero-order valence-corrected chi connectivity index (χ0v) is 9.58. The number of aliphatic hydroxyl groups is 1. The highest BCUT2D eigenvalue weighted by atomic mass is 16.3. The van der Waals surface area contributed by atoms with Crippen LogP contribution in [0.5, 0.6) is 0 Å². The minimum Gasteiger partial charge on any atom is -0.388 e. The van der Waals surface area contributed by atoms with Gasteiger partial charge in [-0.25, -0.2) is 0 Å². The van der Waals surface area contributed by atoms with Gasteiger partial charge in [0.25, 0.3) is 0 Å². The average Bonchev–Trinajstić information content (AvgIpc) is 2.48. The Bertz CT molecular complexity index is 218. The van der Waals surface area contributed by atoms with Gasteiger partial charge in [0.1, 0.15) is 0 Å². The molecule has 1 saturated heterocycles. The van der Waals surface area contributed by atoms with Gasteiger partial charge in [0.05, 0.1) is 11.6 Å². The van der Waals surface area contributed by atoms with Crippen LogP contribution in [-0.2, 0) is 4.79 Å². The van der Waals surface area contributed by atoms with Gasteiger partial charge in [-0.15, -0.1) is 0 Å². The summed E-state index contributed by atoms with van der Waals surface area (Å²) in [5.41, 5.74) is -0.777. The first-order valence-electron chi connectivity index (χ1n) is 5.37.